The summed E-state index contributed by atoms with van der Waals surface area (Å²) in [7, 11) is 0. The molecule has 0 aromatic heterocycles. The Morgan fingerprint density at radius 2 is 0.862 bits per heavy atom. The molecule has 144 valence electrons. The van der Waals surface area contributed by atoms with E-state index in [2.05, 4.69) is 0 Å². The zero-order chi connectivity index (χ0) is 19.9. The molecule has 4 aromatic carbocycles. The van der Waals surface area contributed by atoms with E-state index in [0.29, 0.717) is 40.1 Å². The van der Waals surface area contributed by atoms with Crippen molar-refractivity contribution < 1.29 is 19.3 Å². The molecule has 1 N–H and O–H groups in total. The van der Waals surface area contributed by atoms with Crippen LogP contribution in [0.5, 0.6) is 34.5 Å². The fourth-order valence-corrected chi connectivity index (χ4v) is 2.85. The summed E-state index contributed by atoms with van der Waals surface area (Å²) >= 11 is 0. The van der Waals surface area contributed by atoms with Crippen molar-refractivity contribution in [2.24, 2.45) is 0 Å². The first kappa shape index (κ1) is 18.6. The molecule has 0 atom stereocenters. The summed E-state index contributed by atoms with van der Waals surface area (Å²) in [6.07, 6.45) is 0. The van der Waals surface area contributed by atoms with Crippen LogP contribution in [0.3, 0.4) is 0 Å². The van der Waals surface area contributed by atoms with Gasteiger partial charge in [0.2, 0.25) is 0 Å². The molecule has 0 fully saturated rings. The van der Waals surface area contributed by atoms with Gasteiger partial charge in [-0.25, -0.2) is 0 Å². The molecule has 4 nitrogen and oxygen atoms in total. The molecule has 0 bridgehead atoms. The second-order valence-corrected chi connectivity index (χ2v) is 6.30. The van der Waals surface area contributed by atoms with E-state index in [1.54, 1.807) is 12.1 Å². The van der Waals surface area contributed by atoms with Gasteiger partial charge in [-0.15, -0.1) is 0 Å². The Hall–Kier alpha value is -3.76. The van der Waals surface area contributed by atoms with Crippen molar-refractivity contribution in [2.45, 2.75) is 6.61 Å². The number of aliphatic hydroxyl groups excluding tert-OH is 1. The molecule has 0 saturated heterocycles. The van der Waals surface area contributed by atoms with Gasteiger partial charge in [-0.2, -0.15) is 0 Å². The third-order valence-electron chi connectivity index (χ3n) is 4.22. The van der Waals surface area contributed by atoms with Gasteiger partial charge >= 0.3 is 0 Å². The Balaban J connectivity index is 1.74. The molecule has 0 amide bonds. The van der Waals surface area contributed by atoms with Crippen LogP contribution in [0.1, 0.15) is 5.56 Å². The van der Waals surface area contributed by atoms with Crippen LogP contribution in [-0.4, -0.2) is 5.11 Å². The molecule has 29 heavy (non-hydrogen) atoms. The molecular weight excluding hydrogens is 364 g/mol. The van der Waals surface area contributed by atoms with Gasteiger partial charge in [0.15, 0.2) is 0 Å². The van der Waals surface area contributed by atoms with Crippen LogP contribution in [0.15, 0.2) is 103 Å². The molecular formula is C25H20O4. The van der Waals surface area contributed by atoms with Crippen molar-refractivity contribution in [2.75, 3.05) is 0 Å². The summed E-state index contributed by atoms with van der Waals surface area (Å²) in [6.45, 7) is -0.240. The van der Waals surface area contributed by atoms with E-state index in [1.807, 2.05) is 91.0 Å². The predicted octanol–water partition coefficient (Wildman–Crippen LogP) is 6.56. The minimum Gasteiger partial charge on any atom is -0.457 e. The van der Waals surface area contributed by atoms with Crippen molar-refractivity contribution >= 4 is 0 Å². The van der Waals surface area contributed by atoms with E-state index in [1.165, 1.54) is 0 Å². The standard InChI is InChI=1S/C25H20O4/c26-18-23-24(28-20-12-6-2-7-13-20)16-22(27-19-10-4-1-5-11-19)17-25(23)29-21-14-8-3-9-15-21/h1-17,26H,18H2. The molecule has 4 rings (SSSR count). The lowest BCUT2D eigenvalue weighted by molar-refractivity contribution is 0.270. The average molecular weight is 384 g/mol. The highest BCUT2D eigenvalue weighted by molar-refractivity contribution is 5.54. The number of rotatable bonds is 7. The van der Waals surface area contributed by atoms with Gasteiger partial charge < -0.3 is 19.3 Å². The minimum absolute atomic E-state index is 0.240. The van der Waals surface area contributed by atoms with Crippen LogP contribution >= 0.6 is 0 Å². The van der Waals surface area contributed by atoms with Gasteiger partial charge in [-0.1, -0.05) is 54.6 Å². The van der Waals surface area contributed by atoms with E-state index in [4.69, 9.17) is 14.2 Å². The Kier molecular flexibility index (Phi) is 5.74. The molecule has 4 heteroatoms. The minimum atomic E-state index is -0.240. The van der Waals surface area contributed by atoms with Gasteiger partial charge in [0, 0.05) is 12.1 Å². The number of hydrogen-bond acceptors (Lipinski definition) is 4. The van der Waals surface area contributed by atoms with Crippen molar-refractivity contribution in [1.29, 1.82) is 0 Å². The fourth-order valence-electron chi connectivity index (χ4n) is 2.85. The first-order valence-corrected chi connectivity index (χ1v) is 9.28. The third-order valence-corrected chi connectivity index (χ3v) is 4.22. The molecule has 4 aromatic rings. The molecule has 0 unspecified atom stereocenters. The molecule has 0 aliphatic carbocycles. The monoisotopic (exact) mass is 384 g/mol. The van der Waals surface area contributed by atoms with E-state index < -0.39 is 0 Å². The topological polar surface area (TPSA) is 47.9 Å². The molecule has 0 spiro atoms. The molecule has 0 aliphatic heterocycles. The first-order chi connectivity index (χ1) is 14.3. The number of aliphatic hydroxyl groups is 1. The van der Waals surface area contributed by atoms with E-state index in [-0.39, 0.29) is 6.61 Å². The van der Waals surface area contributed by atoms with E-state index in [9.17, 15) is 5.11 Å². The number of hydrogen-bond donors (Lipinski definition) is 1. The highest BCUT2D eigenvalue weighted by atomic mass is 16.5. The lowest BCUT2D eigenvalue weighted by Gasteiger charge is -2.17. The Morgan fingerprint density at radius 1 is 0.483 bits per heavy atom. The van der Waals surface area contributed by atoms with Gasteiger partial charge in [-0.3, -0.25) is 0 Å². The molecule has 0 aliphatic rings. The lowest BCUT2D eigenvalue weighted by atomic mass is 10.1. The third kappa shape index (κ3) is 4.75. The maximum Gasteiger partial charge on any atom is 0.140 e. The Morgan fingerprint density at radius 3 is 1.24 bits per heavy atom. The molecule has 0 saturated carbocycles. The first-order valence-electron chi connectivity index (χ1n) is 9.28. The average Bonchev–Trinajstić information content (AvgIpc) is 2.76. The summed E-state index contributed by atoms with van der Waals surface area (Å²) in [4.78, 5) is 0. The highest BCUT2D eigenvalue weighted by Crippen LogP contribution is 2.40. The summed E-state index contributed by atoms with van der Waals surface area (Å²) < 4.78 is 18.1. The van der Waals surface area contributed by atoms with Crippen LogP contribution < -0.4 is 14.2 Å². The van der Waals surface area contributed by atoms with Crippen LogP contribution in [0.4, 0.5) is 0 Å². The van der Waals surface area contributed by atoms with Crippen LogP contribution in [-0.2, 0) is 6.61 Å². The van der Waals surface area contributed by atoms with Crippen molar-refractivity contribution in [3.8, 4) is 34.5 Å². The Labute approximate surface area is 169 Å². The zero-order valence-electron chi connectivity index (χ0n) is 15.7. The highest BCUT2D eigenvalue weighted by Gasteiger charge is 2.16. The van der Waals surface area contributed by atoms with Gasteiger partial charge in [0.1, 0.15) is 34.5 Å². The van der Waals surface area contributed by atoms with Crippen molar-refractivity contribution in [3.63, 3.8) is 0 Å². The van der Waals surface area contributed by atoms with Crippen LogP contribution in [0.2, 0.25) is 0 Å². The SMILES string of the molecule is OCc1c(Oc2ccccc2)cc(Oc2ccccc2)cc1Oc1ccccc1. The Bertz CT molecular complexity index is 985. The number of ether oxygens (including phenoxy) is 3. The summed E-state index contributed by atoms with van der Waals surface area (Å²) in [5, 5.41) is 10.0. The summed E-state index contributed by atoms with van der Waals surface area (Å²) in [5.74, 6) is 3.50. The largest absolute Gasteiger partial charge is 0.457 e. The smallest absolute Gasteiger partial charge is 0.140 e. The quantitative estimate of drug-likeness (QED) is 0.392. The number of para-hydroxylation sites is 3. The maximum atomic E-state index is 10.0. The van der Waals surface area contributed by atoms with Crippen molar-refractivity contribution in [3.05, 3.63) is 109 Å². The van der Waals surface area contributed by atoms with Crippen LogP contribution in [0, 0.1) is 0 Å². The van der Waals surface area contributed by atoms with Crippen molar-refractivity contribution in [1.82, 2.24) is 0 Å². The van der Waals surface area contributed by atoms with Gasteiger partial charge in [0.25, 0.3) is 0 Å². The fraction of sp³-hybridized carbons (Fsp3) is 0.0400. The number of benzene rings is 4. The summed E-state index contributed by atoms with van der Waals surface area (Å²) in [6, 6.07) is 31.8. The molecule has 0 radical (unpaired) electrons. The van der Waals surface area contributed by atoms with Crippen LogP contribution in [0.25, 0.3) is 0 Å². The lowest BCUT2D eigenvalue weighted by Crippen LogP contribution is -1.98. The normalized spacial score (nSPS) is 10.4. The second-order valence-electron chi connectivity index (χ2n) is 6.30. The molecule has 0 heterocycles. The maximum absolute atomic E-state index is 10.0. The van der Waals surface area contributed by atoms with Gasteiger partial charge in [0.05, 0.1) is 12.2 Å². The summed E-state index contributed by atoms with van der Waals surface area (Å²) in [5.41, 5.74) is 0.540. The zero-order valence-corrected chi connectivity index (χ0v) is 15.7. The second kappa shape index (κ2) is 8.95. The van der Waals surface area contributed by atoms with Gasteiger partial charge in [-0.05, 0) is 36.4 Å². The van der Waals surface area contributed by atoms with E-state index in [0.717, 1.165) is 0 Å². The predicted molar refractivity (Wildman–Crippen MR) is 112 cm³/mol. The van der Waals surface area contributed by atoms with E-state index >= 15 is 0 Å².